The van der Waals surface area contributed by atoms with Crippen LogP contribution >= 0.6 is 11.6 Å². The molecule has 1 aromatic carbocycles. The number of nitrogens with one attached hydrogen (secondary N) is 1. The molecule has 0 bridgehead atoms. The van der Waals surface area contributed by atoms with Crippen molar-refractivity contribution in [1.29, 1.82) is 0 Å². The molecule has 2 amide bonds. The summed E-state index contributed by atoms with van der Waals surface area (Å²) in [6.45, 7) is 1.50. The van der Waals surface area contributed by atoms with Crippen molar-refractivity contribution in [2.75, 3.05) is 11.4 Å². The van der Waals surface area contributed by atoms with E-state index in [1.807, 2.05) is 0 Å². The average Bonchev–Trinajstić information content (AvgIpc) is 2.33. The fourth-order valence-corrected chi connectivity index (χ4v) is 2.22. The summed E-state index contributed by atoms with van der Waals surface area (Å²) in [5, 5.41) is 11.5. The second kappa shape index (κ2) is 4.89. The highest BCUT2D eigenvalue weighted by Crippen LogP contribution is 2.29. The van der Waals surface area contributed by atoms with Crippen LogP contribution in [-0.4, -0.2) is 35.5 Å². The summed E-state index contributed by atoms with van der Waals surface area (Å²) in [5.74, 6) is -2.14. The minimum Gasteiger partial charge on any atom is -0.478 e. The van der Waals surface area contributed by atoms with Crippen LogP contribution in [0.1, 0.15) is 17.3 Å². The molecule has 2 rings (SSSR count). The molecule has 1 atom stereocenters. The van der Waals surface area contributed by atoms with Crippen molar-refractivity contribution < 1.29 is 19.5 Å². The topological polar surface area (TPSA) is 86.7 Å². The minimum atomic E-state index is -1.20. The van der Waals surface area contributed by atoms with Crippen molar-refractivity contribution in [3.8, 4) is 0 Å². The largest absolute Gasteiger partial charge is 0.478 e. The van der Waals surface area contributed by atoms with E-state index in [4.69, 9.17) is 11.6 Å². The van der Waals surface area contributed by atoms with Gasteiger partial charge in [-0.05, 0) is 19.1 Å². The van der Waals surface area contributed by atoms with E-state index in [9.17, 15) is 19.5 Å². The Balaban J connectivity index is 2.52. The maximum Gasteiger partial charge on any atom is 0.339 e. The number of carbonyl (C=O) groups excluding carboxylic acids is 2. The number of aromatic carboxylic acids is 1. The normalized spacial score (nSPS) is 19.3. The Kier molecular flexibility index (Phi) is 3.44. The Morgan fingerprint density at radius 1 is 1.47 bits per heavy atom. The van der Waals surface area contributed by atoms with Crippen molar-refractivity contribution in [3.05, 3.63) is 28.8 Å². The summed E-state index contributed by atoms with van der Waals surface area (Å²) in [7, 11) is 0. The minimum absolute atomic E-state index is 0.0654. The molecule has 0 saturated carbocycles. The Labute approximate surface area is 114 Å². The number of rotatable bonds is 2. The van der Waals surface area contributed by atoms with E-state index in [1.165, 1.54) is 17.0 Å². The van der Waals surface area contributed by atoms with Crippen molar-refractivity contribution in [3.63, 3.8) is 0 Å². The fourth-order valence-electron chi connectivity index (χ4n) is 1.97. The number of hydrogen-bond acceptors (Lipinski definition) is 4. The maximum atomic E-state index is 11.6. The summed E-state index contributed by atoms with van der Waals surface area (Å²) in [4.78, 5) is 35.7. The first-order chi connectivity index (χ1) is 8.91. The molecule has 1 aliphatic heterocycles. The number of piperazine rings is 1. The summed E-state index contributed by atoms with van der Waals surface area (Å²) < 4.78 is 0. The van der Waals surface area contributed by atoms with Gasteiger partial charge < -0.3 is 10.0 Å². The highest BCUT2D eigenvalue weighted by molar-refractivity contribution is 6.34. The number of anilines is 1. The average molecular weight is 283 g/mol. The van der Waals surface area contributed by atoms with E-state index in [0.717, 1.165) is 0 Å². The van der Waals surface area contributed by atoms with Crippen LogP contribution in [0.25, 0.3) is 0 Å². The van der Waals surface area contributed by atoms with Crippen LogP contribution in [0.2, 0.25) is 5.02 Å². The monoisotopic (exact) mass is 282 g/mol. The van der Waals surface area contributed by atoms with Gasteiger partial charge in [-0.2, -0.15) is 0 Å². The highest BCUT2D eigenvalue weighted by atomic mass is 35.5. The van der Waals surface area contributed by atoms with Gasteiger partial charge in [0.15, 0.2) is 0 Å². The second-order valence-electron chi connectivity index (χ2n) is 4.16. The Bertz CT molecular complexity index is 573. The molecule has 0 aliphatic carbocycles. The standard InChI is InChI=1S/C12H11ClN2O4/c1-6-11(17)14-9(16)5-15(6)8-4-2-3-7(13)10(8)12(18)19/h2-4,6H,5H2,1H3,(H,18,19)(H,14,16,17). The number of imide groups is 1. The third-order valence-corrected chi connectivity index (χ3v) is 3.25. The van der Waals surface area contributed by atoms with Gasteiger partial charge in [-0.15, -0.1) is 0 Å². The van der Waals surface area contributed by atoms with Gasteiger partial charge in [0.2, 0.25) is 11.8 Å². The molecule has 6 nitrogen and oxygen atoms in total. The van der Waals surface area contributed by atoms with E-state index < -0.39 is 23.8 Å². The Morgan fingerprint density at radius 2 is 2.16 bits per heavy atom. The summed E-state index contributed by atoms with van der Waals surface area (Å²) >= 11 is 5.87. The third-order valence-electron chi connectivity index (χ3n) is 2.94. The van der Waals surface area contributed by atoms with Crippen LogP contribution in [-0.2, 0) is 9.59 Å². The molecule has 19 heavy (non-hydrogen) atoms. The first-order valence-electron chi connectivity index (χ1n) is 5.54. The molecule has 2 N–H and O–H groups in total. The summed E-state index contributed by atoms with van der Waals surface area (Å²) in [6.07, 6.45) is 0. The van der Waals surface area contributed by atoms with Crippen LogP contribution in [0.5, 0.6) is 0 Å². The van der Waals surface area contributed by atoms with E-state index in [1.54, 1.807) is 13.0 Å². The number of carboxylic acid groups (broad SMARTS) is 1. The molecular formula is C12H11ClN2O4. The fraction of sp³-hybridized carbons (Fsp3) is 0.250. The molecule has 1 saturated heterocycles. The molecule has 0 radical (unpaired) electrons. The lowest BCUT2D eigenvalue weighted by Crippen LogP contribution is -2.57. The molecule has 100 valence electrons. The van der Waals surface area contributed by atoms with Gasteiger partial charge in [-0.25, -0.2) is 4.79 Å². The lowest BCUT2D eigenvalue weighted by Gasteiger charge is -2.34. The first kappa shape index (κ1) is 13.4. The number of hydrogen-bond donors (Lipinski definition) is 2. The van der Waals surface area contributed by atoms with Gasteiger partial charge in [-0.3, -0.25) is 14.9 Å². The van der Waals surface area contributed by atoms with Crippen molar-refractivity contribution in [1.82, 2.24) is 5.32 Å². The van der Waals surface area contributed by atoms with E-state index in [-0.39, 0.29) is 22.8 Å². The molecule has 1 fully saturated rings. The van der Waals surface area contributed by atoms with Crippen LogP contribution in [0, 0.1) is 0 Å². The molecule has 1 aliphatic rings. The van der Waals surface area contributed by atoms with Crippen LogP contribution in [0.15, 0.2) is 18.2 Å². The molecule has 1 unspecified atom stereocenters. The molecule has 7 heteroatoms. The van der Waals surface area contributed by atoms with Crippen LogP contribution in [0.3, 0.4) is 0 Å². The van der Waals surface area contributed by atoms with Crippen molar-refractivity contribution >= 4 is 35.1 Å². The number of carbonyl (C=O) groups is 3. The van der Waals surface area contributed by atoms with Crippen LogP contribution < -0.4 is 10.2 Å². The number of carboxylic acids is 1. The lowest BCUT2D eigenvalue weighted by atomic mass is 10.1. The Morgan fingerprint density at radius 3 is 2.79 bits per heavy atom. The number of halogens is 1. The van der Waals surface area contributed by atoms with Gasteiger partial charge in [0.05, 0.1) is 17.3 Å². The predicted molar refractivity (Wildman–Crippen MR) is 68.4 cm³/mol. The first-order valence-corrected chi connectivity index (χ1v) is 5.91. The van der Waals surface area contributed by atoms with Gasteiger partial charge in [0.1, 0.15) is 11.6 Å². The number of benzene rings is 1. The predicted octanol–water partition coefficient (Wildman–Crippen LogP) is 0.889. The van der Waals surface area contributed by atoms with Gasteiger partial charge in [0.25, 0.3) is 0 Å². The summed E-state index contributed by atoms with van der Waals surface area (Å²) in [5.41, 5.74) is 0.147. The third kappa shape index (κ3) is 2.39. The molecule has 1 aromatic rings. The molecule has 0 spiro atoms. The zero-order chi connectivity index (χ0) is 14.2. The van der Waals surface area contributed by atoms with E-state index >= 15 is 0 Å². The summed E-state index contributed by atoms with van der Waals surface area (Å²) in [6, 6.07) is 3.91. The highest BCUT2D eigenvalue weighted by Gasteiger charge is 2.33. The maximum absolute atomic E-state index is 11.6. The van der Waals surface area contributed by atoms with E-state index in [0.29, 0.717) is 0 Å². The SMILES string of the molecule is CC1C(=O)NC(=O)CN1c1cccc(Cl)c1C(=O)O. The number of nitrogens with zero attached hydrogens (tertiary/aromatic N) is 1. The van der Waals surface area contributed by atoms with Gasteiger partial charge in [-0.1, -0.05) is 17.7 Å². The van der Waals surface area contributed by atoms with Crippen molar-refractivity contribution in [2.24, 2.45) is 0 Å². The molecule has 1 heterocycles. The van der Waals surface area contributed by atoms with Crippen molar-refractivity contribution in [2.45, 2.75) is 13.0 Å². The molecular weight excluding hydrogens is 272 g/mol. The number of amides is 2. The Hall–Kier alpha value is -2.08. The quantitative estimate of drug-likeness (QED) is 0.787. The van der Waals surface area contributed by atoms with Gasteiger partial charge >= 0.3 is 5.97 Å². The van der Waals surface area contributed by atoms with Gasteiger partial charge in [0, 0.05) is 0 Å². The lowest BCUT2D eigenvalue weighted by molar-refractivity contribution is -0.132. The van der Waals surface area contributed by atoms with E-state index in [2.05, 4.69) is 5.32 Å². The second-order valence-corrected chi connectivity index (χ2v) is 4.56. The zero-order valence-corrected chi connectivity index (χ0v) is 10.8. The molecule has 0 aromatic heterocycles. The zero-order valence-electron chi connectivity index (χ0n) is 10.0. The van der Waals surface area contributed by atoms with Crippen LogP contribution in [0.4, 0.5) is 5.69 Å². The smallest absolute Gasteiger partial charge is 0.339 e.